The SMILES string of the molecule is Cc1c(Cl)cccc1S(=O)(=O)N1CCCCC(c2ccccc2)C1. The number of nitrogens with zero attached hydrogens (tertiary/aromatic N) is 1. The Bertz CT molecular complexity index is 805. The van der Waals surface area contributed by atoms with E-state index in [1.54, 1.807) is 29.4 Å². The summed E-state index contributed by atoms with van der Waals surface area (Å²) < 4.78 is 27.9. The number of benzene rings is 2. The van der Waals surface area contributed by atoms with Crippen molar-refractivity contribution in [1.82, 2.24) is 4.31 Å². The molecular weight excluding hydrogens is 342 g/mol. The maximum absolute atomic E-state index is 13.2. The molecule has 1 heterocycles. The minimum atomic E-state index is -3.53. The molecule has 0 radical (unpaired) electrons. The molecule has 128 valence electrons. The van der Waals surface area contributed by atoms with Gasteiger partial charge in [0.2, 0.25) is 10.0 Å². The average molecular weight is 364 g/mol. The molecule has 24 heavy (non-hydrogen) atoms. The van der Waals surface area contributed by atoms with Crippen molar-refractivity contribution in [3.8, 4) is 0 Å². The zero-order chi connectivity index (χ0) is 17.2. The van der Waals surface area contributed by atoms with Crippen LogP contribution in [0.1, 0.15) is 36.3 Å². The van der Waals surface area contributed by atoms with Gasteiger partial charge in [0.25, 0.3) is 0 Å². The Morgan fingerprint density at radius 3 is 2.54 bits per heavy atom. The lowest BCUT2D eigenvalue weighted by Crippen LogP contribution is -2.34. The van der Waals surface area contributed by atoms with Crippen molar-refractivity contribution in [2.45, 2.75) is 37.0 Å². The lowest BCUT2D eigenvalue weighted by Gasteiger charge is -2.25. The Balaban J connectivity index is 1.93. The van der Waals surface area contributed by atoms with Crippen LogP contribution in [0.25, 0.3) is 0 Å². The summed E-state index contributed by atoms with van der Waals surface area (Å²) >= 11 is 6.13. The van der Waals surface area contributed by atoms with Crippen molar-refractivity contribution in [1.29, 1.82) is 0 Å². The summed E-state index contributed by atoms with van der Waals surface area (Å²) in [5.74, 6) is 0.239. The molecule has 1 aliphatic heterocycles. The van der Waals surface area contributed by atoms with Crippen molar-refractivity contribution < 1.29 is 8.42 Å². The van der Waals surface area contributed by atoms with Gasteiger partial charge in [0.05, 0.1) is 4.90 Å². The fraction of sp³-hybridized carbons (Fsp3) is 0.368. The molecular formula is C19H22ClNO2S. The molecule has 0 N–H and O–H groups in total. The molecule has 0 bridgehead atoms. The maximum atomic E-state index is 13.2. The summed E-state index contributed by atoms with van der Waals surface area (Å²) in [7, 11) is -3.53. The fourth-order valence-corrected chi connectivity index (χ4v) is 5.33. The molecule has 0 aromatic heterocycles. The third kappa shape index (κ3) is 3.51. The molecule has 2 aromatic carbocycles. The third-order valence-electron chi connectivity index (χ3n) is 4.74. The Kier molecular flexibility index (Phi) is 5.28. The van der Waals surface area contributed by atoms with Crippen LogP contribution in [-0.2, 0) is 10.0 Å². The second-order valence-corrected chi connectivity index (χ2v) is 8.64. The smallest absolute Gasteiger partial charge is 0.207 e. The second-order valence-electron chi connectivity index (χ2n) is 6.33. The van der Waals surface area contributed by atoms with E-state index < -0.39 is 10.0 Å². The molecule has 0 saturated carbocycles. The van der Waals surface area contributed by atoms with E-state index >= 15 is 0 Å². The Hall–Kier alpha value is -1.36. The van der Waals surface area contributed by atoms with Crippen molar-refractivity contribution in [3.05, 3.63) is 64.7 Å². The number of rotatable bonds is 3. The van der Waals surface area contributed by atoms with E-state index in [-0.39, 0.29) is 5.92 Å². The van der Waals surface area contributed by atoms with E-state index in [2.05, 4.69) is 12.1 Å². The summed E-state index contributed by atoms with van der Waals surface area (Å²) in [6.45, 7) is 2.86. The minimum absolute atomic E-state index is 0.239. The van der Waals surface area contributed by atoms with Crippen LogP contribution in [0.2, 0.25) is 5.02 Å². The molecule has 3 rings (SSSR count). The van der Waals surface area contributed by atoms with E-state index in [4.69, 9.17) is 11.6 Å². The first kappa shape index (κ1) is 17.5. The van der Waals surface area contributed by atoms with Crippen molar-refractivity contribution in [2.24, 2.45) is 0 Å². The first-order valence-corrected chi connectivity index (χ1v) is 10.1. The van der Waals surface area contributed by atoms with Gasteiger partial charge < -0.3 is 0 Å². The molecule has 5 heteroatoms. The second kappa shape index (κ2) is 7.26. The van der Waals surface area contributed by atoms with Crippen LogP contribution in [0.15, 0.2) is 53.4 Å². The van der Waals surface area contributed by atoms with Gasteiger partial charge in [-0.1, -0.05) is 54.4 Å². The molecule has 1 unspecified atom stereocenters. The predicted molar refractivity (Wildman–Crippen MR) is 98.0 cm³/mol. The van der Waals surface area contributed by atoms with Crippen LogP contribution in [0.4, 0.5) is 0 Å². The largest absolute Gasteiger partial charge is 0.243 e. The van der Waals surface area contributed by atoms with E-state index in [0.717, 1.165) is 19.3 Å². The zero-order valence-corrected chi connectivity index (χ0v) is 15.4. The first-order valence-electron chi connectivity index (χ1n) is 8.30. The Morgan fingerprint density at radius 1 is 1.04 bits per heavy atom. The highest BCUT2D eigenvalue weighted by molar-refractivity contribution is 7.89. The highest BCUT2D eigenvalue weighted by atomic mass is 35.5. The number of sulfonamides is 1. The van der Waals surface area contributed by atoms with Gasteiger partial charge >= 0.3 is 0 Å². The molecule has 3 nitrogen and oxygen atoms in total. The Labute approximate surface area is 149 Å². The van der Waals surface area contributed by atoms with Gasteiger partial charge in [0.15, 0.2) is 0 Å². The van der Waals surface area contributed by atoms with Crippen LogP contribution in [-0.4, -0.2) is 25.8 Å². The molecule has 1 atom stereocenters. The molecule has 1 fully saturated rings. The highest BCUT2D eigenvalue weighted by Crippen LogP contribution is 2.31. The zero-order valence-electron chi connectivity index (χ0n) is 13.8. The molecule has 0 aliphatic carbocycles. The average Bonchev–Trinajstić information content (AvgIpc) is 2.85. The topological polar surface area (TPSA) is 37.4 Å². The van der Waals surface area contributed by atoms with Crippen LogP contribution >= 0.6 is 11.6 Å². The van der Waals surface area contributed by atoms with E-state index in [1.165, 1.54) is 5.56 Å². The quantitative estimate of drug-likeness (QED) is 0.798. The summed E-state index contributed by atoms with van der Waals surface area (Å²) in [5, 5.41) is 0.491. The molecule has 0 amide bonds. The van der Waals surface area contributed by atoms with Crippen LogP contribution in [0.3, 0.4) is 0 Å². The first-order chi connectivity index (χ1) is 11.5. The third-order valence-corrected chi connectivity index (χ3v) is 7.16. The van der Waals surface area contributed by atoms with Crippen molar-refractivity contribution in [3.63, 3.8) is 0 Å². The number of halogens is 1. The summed E-state index contributed by atoms with van der Waals surface area (Å²) in [4.78, 5) is 0.323. The van der Waals surface area contributed by atoms with Crippen LogP contribution < -0.4 is 0 Å². The summed E-state index contributed by atoms with van der Waals surface area (Å²) in [5.41, 5.74) is 1.84. The monoisotopic (exact) mass is 363 g/mol. The van der Waals surface area contributed by atoms with E-state index in [9.17, 15) is 8.42 Å². The lowest BCUT2D eigenvalue weighted by molar-refractivity contribution is 0.406. The number of hydrogen-bond acceptors (Lipinski definition) is 2. The van der Waals surface area contributed by atoms with E-state index in [1.807, 2.05) is 18.2 Å². The van der Waals surface area contributed by atoms with Crippen LogP contribution in [0.5, 0.6) is 0 Å². The van der Waals surface area contributed by atoms with Gasteiger partial charge in [-0.2, -0.15) is 4.31 Å². The fourth-order valence-electron chi connectivity index (χ4n) is 3.33. The van der Waals surface area contributed by atoms with Gasteiger partial charge in [-0.15, -0.1) is 0 Å². The molecule has 1 saturated heterocycles. The number of hydrogen-bond donors (Lipinski definition) is 0. The van der Waals surface area contributed by atoms with Gasteiger partial charge in [-0.25, -0.2) is 8.42 Å². The van der Waals surface area contributed by atoms with Crippen molar-refractivity contribution in [2.75, 3.05) is 13.1 Å². The van der Waals surface area contributed by atoms with Gasteiger partial charge in [0, 0.05) is 18.1 Å². The standard InChI is InChI=1S/C19H22ClNO2S/c1-15-18(20)11-7-12-19(15)24(22,23)21-13-6-5-10-17(14-21)16-8-3-2-4-9-16/h2-4,7-9,11-12,17H,5-6,10,13-14H2,1H3. The molecule has 2 aromatic rings. The van der Waals surface area contributed by atoms with Gasteiger partial charge in [-0.05, 0) is 48.9 Å². The summed E-state index contributed by atoms with van der Waals surface area (Å²) in [6, 6.07) is 15.3. The minimum Gasteiger partial charge on any atom is -0.207 e. The maximum Gasteiger partial charge on any atom is 0.243 e. The highest BCUT2D eigenvalue weighted by Gasteiger charge is 2.30. The molecule has 0 spiro atoms. The Morgan fingerprint density at radius 2 is 1.79 bits per heavy atom. The van der Waals surface area contributed by atoms with E-state index in [0.29, 0.717) is 28.6 Å². The van der Waals surface area contributed by atoms with Gasteiger partial charge in [-0.3, -0.25) is 0 Å². The van der Waals surface area contributed by atoms with Crippen molar-refractivity contribution >= 4 is 21.6 Å². The predicted octanol–water partition coefficient (Wildman–Crippen LogP) is 4.61. The van der Waals surface area contributed by atoms with Crippen LogP contribution in [0, 0.1) is 6.92 Å². The van der Waals surface area contributed by atoms with Gasteiger partial charge in [0.1, 0.15) is 0 Å². The normalized spacial score (nSPS) is 19.8. The lowest BCUT2D eigenvalue weighted by atomic mass is 9.95. The molecule has 1 aliphatic rings. The summed E-state index contributed by atoms with van der Waals surface area (Å²) in [6.07, 6.45) is 2.95.